The number of halogens is 3. The molecule has 9 heteroatoms. The summed E-state index contributed by atoms with van der Waals surface area (Å²) in [4.78, 5) is -0.451. The van der Waals surface area contributed by atoms with Gasteiger partial charge in [0.25, 0.3) is 0 Å². The lowest BCUT2D eigenvalue weighted by Gasteiger charge is -2.33. The first-order valence-electron chi connectivity index (χ1n) is 6.52. The number of sulfonamides is 1. The summed E-state index contributed by atoms with van der Waals surface area (Å²) in [5.41, 5.74) is -1.83. The largest absolute Gasteiger partial charge is 0.417 e. The van der Waals surface area contributed by atoms with E-state index in [2.05, 4.69) is 5.32 Å². The molecule has 1 aromatic carbocycles. The summed E-state index contributed by atoms with van der Waals surface area (Å²) in [7, 11) is -4.04. The summed E-state index contributed by atoms with van der Waals surface area (Å²) in [6.45, 7) is 2.73. The number of piperazine rings is 1. The van der Waals surface area contributed by atoms with Crippen LogP contribution in [0.25, 0.3) is 0 Å². The van der Waals surface area contributed by atoms with E-state index in [9.17, 15) is 21.6 Å². The van der Waals surface area contributed by atoms with Crippen LogP contribution in [0.3, 0.4) is 0 Å². The third kappa shape index (κ3) is 3.09. The van der Waals surface area contributed by atoms with Crippen molar-refractivity contribution in [2.75, 3.05) is 19.6 Å². The minimum absolute atomic E-state index is 0.185. The lowest BCUT2D eigenvalue weighted by atomic mass is 10.1. The van der Waals surface area contributed by atoms with E-state index in [0.29, 0.717) is 19.2 Å². The maximum Gasteiger partial charge on any atom is 0.417 e. The Morgan fingerprint density at radius 1 is 1.41 bits per heavy atom. The predicted octanol–water partition coefficient (Wildman–Crippen LogP) is 1.56. The molecule has 0 radical (unpaired) electrons. The van der Waals surface area contributed by atoms with Gasteiger partial charge in [-0.15, -0.1) is 0 Å². The van der Waals surface area contributed by atoms with Gasteiger partial charge < -0.3 is 5.32 Å². The van der Waals surface area contributed by atoms with Crippen molar-refractivity contribution in [2.45, 2.75) is 24.0 Å². The first-order chi connectivity index (χ1) is 10.2. The fourth-order valence-corrected chi connectivity index (χ4v) is 3.99. The summed E-state index contributed by atoms with van der Waals surface area (Å²) < 4.78 is 65.1. The number of benzene rings is 1. The number of nitriles is 1. The molecule has 1 saturated heterocycles. The summed E-state index contributed by atoms with van der Waals surface area (Å²) in [5, 5.41) is 11.8. The number of hydrogen-bond donors (Lipinski definition) is 1. The molecule has 0 saturated carbocycles. The van der Waals surface area contributed by atoms with Crippen molar-refractivity contribution < 1.29 is 21.6 Å². The van der Waals surface area contributed by atoms with Crippen LogP contribution in [0, 0.1) is 11.3 Å². The average molecular weight is 333 g/mol. The average Bonchev–Trinajstić information content (AvgIpc) is 2.46. The molecule has 120 valence electrons. The van der Waals surface area contributed by atoms with Crippen molar-refractivity contribution in [2.24, 2.45) is 0 Å². The van der Waals surface area contributed by atoms with Gasteiger partial charge in [0.05, 0.1) is 22.1 Å². The molecular weight excluding hydrogens is 319 g/mol. The molecule has 0 bridgehead atoms. The van der Waals surface area contributed by atoms with Gasteiger partial charge in [-0.25, -0.2) is 8.42 Å². The third-order valence-corrected chi connectivity index (χ3v) is 5.47. The quantitative estimate of drug-likeness (QED) is 0.891. The minimum Gasteiger partial charge on any atom is -0.314 e. The summed E-state index contributed by atoms with van der Waals surface area (Å²) in [6, 6.07) is 3.53. The highest BCUT2D eigenvalue weighted by Crippen LogP contribution is 2.34. The molecule has 0 unspecified atom stereocenters. The van der Waals surface area contributed by atoms with Crippen molar-refractivity contribution in [1.82, 2.24) is 9.62 Å². The number of rotatable bonds is 2. The highest BCUT2D eigenvalue weighted by molar-refractivity contribution is 7.89. The highest BCUT2D eigenvalue weighted by atomic mass is 32.2. The van der Waals surface area contributed by atoms with E-state index in [1.807, 2.05) is 0 Å². The maximum atomic E-state index is 13.0. The van der Waals surface area contributed by atoms with Crippen molar-refractivity contribution in [3.63, 3.8) is 0 Å². The first kappa shape index (κ1) is 16.7. The Kier molecular flexibility index (Phi) is 4.47. The van der Waals surface area contributed by atoms with Gasteiger partial charge in [0, 0.05) is 25.7 Å². The van der Waals surface area contributed by atoms with Gasteiger partial charge in [0.15, 0.2) is 0 Å². The normalized spacial score (nSPS) is 20.6. The molecule has 1 aromatic rings. The molecule has 1 atom stereocenters. The van der Waals surface area contributed by atoms with Crippen LogP contribution in [-0.2, 0) is 16.2 Å². The lowest BCUT2D eigenvalue weighted by Crippen LogP contribution is -2.52. The smallest absolute Gasteiger partial charge is 0.314 e. The molecule has 0 aliphatic carbocycles. The molecule has 1 N–H and O–H groups in total. The Labute approximate surface area is 126 Å². The second-order valence-electron chi connectivity index (χ2n) is 4.99. The van der Waals surface area contributed by atoms with Gasteiger partial charge in [-0.1, -0.05) is 0 Å². The van der Waals surface area contributed by atoms with Crippen LogP contribution in [0.5, 0.6) is 0 Å². The van der Waals surface area contributed by atoms with E-state index in [4.69, 9.17) is 5.26 Å². The van der Waals surface area contributed by atoms with Crippen molar-refractivity contribution >= 4 is 10.0 Å². The van der Waals surface area contributed by atoms with Crippen LogP contribution >= 0.6 is 0 Å². The maximum absolute atomic E-state index is 13.0. The van der Waals surface area contributed by atoms with Crippen LogP contribution in [0.15, 0.2) is 23.1 Å². The van der Waals surface area contributed by atoms with Gasteiger partial charge in [-0.05, 0) is 25.1 Å². The van der Waals surface area contributed by atoms with Gasteiger partial charge in [-0.3, -0.25) is 0 Å². The monoisotopic (exact) mass is 333 g/mol. The van der Waals surface area contributed by atoms with Crippen LogP contribution in [0.2, 0.25) is 0 Å². The van der Waals surface area contributed by atoms with Crippen molar-refractivity contribution in [3.05, 3.63) is 29.3 Å². The van der Waals surface area contributed by atoms with Gasteiger partial charge in [-0.2, -0.15) is 22.7 Å². The fourth-order valence-electron chi connectivity index (χ4n) is 2.33. The molecule has 2 rings (SSSR count). The Balaban J connectivity index is 2.51. The molecule has 0 amide bonds. The zero-order valence-corrected chi connectivity index (χ0v) is 12.5. The topological polar surface area (TPSA) is 73.2 Å². The molecule has 1 fully saturated rings. The molecule has 5 nitrogen and oxygen atoms in total. The standard InChI is InChI=1S/C13H14F3N3O2S/c1-9-8-18-4-5-19(9)22(20,21)11-3-2-10(7-17)12(6-11)13(14,15)16/h2-3,6,9,18H,4-5,8H2,1H3/t9-/m0/s1. The van der Waals surface area contributed by atoms with Crippen LogP contribution in [0.4, 0.5) is 13.2 Å². The molecule has 0 spiro atoms. The molecule has 22 heavy (non-hydrogen) atoms. The number of nitrogens with one attached hydrogen (secondary N) is 1. The minimum atomic E-state index is -4.79. The Bertz CT molecular complexity index is 710. The van der Waals surface area contributed by atoms with E-state index in [1.165, 1.54) is 10.4 Å². The Morgan fingerprint density at radius 2 is 2.09 bits per heavy atom. The van der Waals surface area contributed by atoms with Crippen LogP contribution in [0.1, 0.15) is 18.1 Å². The van der Waals surface area contributed by atoms with Crippen molar-refractivity contribution in [3.8, 4) is 6.07 Å². The lowest BCUT2D eigenvalue weighted by molar-refractivity contribution is -0.137. The first-order valence-corrected chi connectivity index (χ1v) is 7.96. The van der Waals surface area contributed by atoms with Gasteiger partial charge >= 0.3 is 6.18 Å². The second kappa shape index (κ2) is 5.87. The van der Waals surface area contributed by atoms with E-state index >= 15 is 0 Å². The van der Waals surface area contributed by atoms with Crippen LogP contribution < -0.4 is 5.32 Å². The number of nitrogens with zero attached hydrogens (tertiary/aromatic N) is 2. The number of hydrogen-bond acceptors (Lipinski definition) is 4. The van der Waals surface area contributed by atoms with Crippen molar-refractivity contribution in [1.29, 1.82) is 5.26 Å². The molecule has 0 aromatic heterocycles. The zero-order chi connectivity index (χ0) is 16.5. The summed E-state index contributed by atoms with van der Waals surface area (Å²) in [5.74, 6) is 0. The Hall–Kier alpha value is -1.63. The highest BCUT2D eigenvalue weighted by Gasteiger charge is 2.37. The van der Waals surface area contributed by atoms with Gasteiger partial charge in [0.1, 0.15) is 0 Å². The summed E-state index contributed by atoms with van der Waals surface area (Å²) in [6.07, 6.45) is -4.79. The van der Waals surface area contributed by atoms with E-state index in [-0.39, 0.29) is 12.6 Å². The zero-order valence-electron chi connectivity index (χ0n) is 11.7. The molecule has 1 aliphatic heterocycles. The van der Waals surface area contributed by atoms with E-state index < -0.39 is 32.2 Å². The molecular formula is C13H14F3N3O2S. The molecule has 1 aliphatic rings. The number of alkyl halides is 3. The van der Waals surface area contributed by atoms with E-state index in [1.54, 1.807) is 6.92 Å². The third-order valence-electron chi connectivity index (χ3n) is 3.46. The Morgan fingerprint density at radius 3 is 2.64 bits per heavy atom. The van der Waals surface area contributed by atoms with E-state index in [0.717, 1.165) is 12.1 Å². The molecule has 1 heterocycles. The van der Waals surface area contributed by atoms with Gasteiger partial charge in [0.2, 0.25) is 10.0 Å². The SMILES string of the molecule is C[C@H]1CNCCN1S(=O)(=O)c1ccc(C#N)c(C(F)(F)F)c1. The second-order valence-corrected chi connectivity index (χ2v) is 6.88. The van der Waals surface area contributed by atoms with Crippen LogP contribution in [-0.4, -0.2) is 38.4 Å². The summed E-state index contributed by atoms with van der Waals surface area (Å²) >= 11 is 0. The fraction of sp³-hybridized carbons (Fsp3) is 0.462. The predicted molar refractivity (Wildman–Crippen MR) is 72.4 cm³/mol.